The number of para-hydroxylation sites is 1. The fourth-order valence-corrected chi connectivity index (χ4v) is 2.58. The summed E-state index contributed by atoms with van der Waals surface area (Å²) in [6, 6.07) is 7.93. The Balaban J connectivity index is 0.00000264. The minimum atomic E-state index is -0.0215. The van der Waals surface area contributed by atoms with Crippen LogP contribution in [0.15, 0.2) is 24.3 Å². The molecule has 1 fully saturated rings. The molecule has 23 heavy (non-hydrogen) atoms. The lowest BCUT2D eigenvalue weighted by molar-refractivity contribution is -0.120. The summed E-state index contributed by atoms with van der Waals surface area (Å²) in [5, 5.41) is 5.95. The van der Waals surface area contributed by atoms with E-state index in [1.54, 1.807) is 7.11 Å². The van der Waals surface area contributed by atoms with Gasteiger partial charge >= 0.3 is 0 Å². The SMILES string of the molecule is COCCNCC(=O)NCc1ccccc1OC1CCCC1.Cl. The fraction of sp³-hybridized carbons (Fsp3) is 0.588. The molecular weight excluding hydrogens is 316 g/mol. The Labute approximate surface area is 144 Å². The summed E-state index contributed by atoms with van der Waals surface area (Å²) in [6.45, 7) is 2.07. The number of carbonyl (C=O) groups excluding carboxylic acids is 1. The smallest absolute Gasteiger partial charge is 0.234 e. The molecule has 5 nitrogen and oxygen atoms in total. The van der Waals surface area contributed by atoms with Gasteiger partial charge in [0.2, 0.25) is 5.91 Å². The summed E-state index contributed by atoms with van der Waals surface area (Å²) in [5.74, 6) is 0.869. The molecule has 0 saturated heterocycles. The van der Waals surface area contributed by atoms with Crippen LogP contribution in [0.4, 0.5) is 0 Å². The number of rotatable bonds is 9. The summed E-state index contributed by atoms with van der Waals surface area (Å²) in [7, 11) is 1.64. The number of hydrogen-bond acceptors (Lipinski definition) is 4. The van der Waals surface area contributed by atoms with E-state index in [0.717, 1.165) is 24.2 Å². The minimum absolute atomic E-state index is 0. The van der Waals surface area contributed by atoms with Gasteiger partial charge in [-0.05, 0) is 31.7 Å². The zero-order valence-electron chi connectivity index (χ0n) is 13.7. The number of amides is 1. The number of benzene rings is 1. The van der Waals surface area contributed by atoms with Gasteiger partial charge in [-0.1, -0.05) is 18.2 Å². The van der Waals surface area contributed by atoms with E-state index < -0.39 is 0 Å². The summed E-state index contributed by atoms with van der Waals surface area (Å²) in [6.07, 6.45) is 5.08. The van der Waals surface area contributed by atoms with Crippen molar-refractivity contribution >= 4 is 18.3 Å². The van der Waals surface area contributed by atoms with Crippen molar-refractivity contribution in [3.63, 3.8) is 0 Å². The van der Waals surface area contributed by atoms with Crippen molar-refractivity contribution in [2.24, 2.45) is 0 Å². The van der Waals surface area contributed by atoms with Gasteiger partial charge in [0, 0.05) is 25.8 Å². The van der Waals surface area contributed by atoms with Crippen LogP contribution in [0.5, 0.6) is 5.75 Å². The predicted octanol–water partition coefficient (Wildman–Crippen LogP) is 2.28. The van der Waals surface area contributed by atoms with Crippen LogP contribution in [-0.4, -0.2) is 38.8 Å². The highest BCUT2D eigenvalue weighted by molar-refractivity contribution is 5.85. The van der Waals surface area contributed by atoms with Crippen molar-refractivity contribution in [1.29, 1.82) is 0 Å². The molecule has 0 spiro atoms. The first kappa shape index (κ1) is 19.7. The van der Waals surface area contributed by atoms with E-state index in [2.05, 4.69) is 10.6 Å². The van der Waals surface area contributed by atoms with Crippen LogP contribution >= 0.6 is 12.4 Å². The van der Waals surface area contributed by atoms with Gasteiger partial charge in [0.25, 0.3) is 0 Å². The summed E-state index contributed by atoms with van der Waals surface area (Å²) < 4.78 is 11.0. The second-order valence-electron chi connectivity index (χ2n) is 5.58. The molecule has 0 unspecified atom stereocenters. The topological polar surface area (TPSA) is 59.6 Å². The van der Waals surface area contributed by atoms with Gasteiger partial charge in [0.05, 0.1) is 19.3 Å². The first-order valence-electron chi connectivity index (χ1n) is 8.00. The van der Waals surface area contributed by atoms with Crippen molar-refractivity contribution in [2.45, 2.75) is 38.3 Å². The first-order chi connectivity index (χ1) is 10.8. The molecule has 1 aliphatic carbocycles. The van der Waals surface area contributed by atoms with Crippen LogP contribution in [0.25, 0.3) is 0 Å². The molecule has 2 N–H and O–H groups in total. The summed E-state index contributed by atoms with van der Waals surface area (Å²) in [4.78, 5) is 11.8. The Morgan fingerprint density at radius 1 is 1.26 bits per heavy atom. The number of carbonyl (C=O) groups is 1. The second-order valence-corrected chi connectivity index (χ2v) is 5.58. The third-order valence-electron chi connectivity index (χ3n) is 3.81. The Kier molecular flexibility index (Phi) is 9.67. The number of hydrogen-bond donors (Lipinski definition) is 2. The van der Waals surface area contributed by atoms with Crippen LogP contribution in [-0.2, 0) is 16.1 Å². The van der Waals surface area contributed by atoms with E-state index in [-0.39, 0.29) is 18.3 Å². The normalized spacial score (nSPS) is 14.3. The van der Waals surface area contributed by atoms with Gasteiger partial charge in [-0.2, -0.15) is 0 Å². The fourth-order valence-electron chi connectivity index (χ4n) is 2.58. The highest BCUT2D eigenvalue weighted by Crippen LogP contribution is 2.26. The molecule has 0 heterocycles. The Bertz CT molecular complexity index is 465. The van der Waals surface area contributed by atoms with E-state index in [0.29, 0.717) is 32.3 Å². The number of ether oxygens (including phenoxy) is 2. The van der Waals surface area contributed by atoms with Crippen molar-refractivity contribution in [1.82, 2.24) is 10.6 Å². The number of nitrogens with one attached hydrogen (secondary N) is 2. The molecule has 0 aliphatic heterocycles. The largest absolute Gasteiger partial charge is 0.490 e. The molecular formula is C17H27ClN2O3. The first-order valence-corrected chi connectivity index (χ1v) is 8.00. The average Bonchev–Trinajstić information content (AvgIpc) is 3.04. The molecule has 1 saturated carbocycles. The number of methoxy groups -OCH3 is 1. The highest BCUT2D eigenvalue weighted by atomic mass is 35.5. The number of halogens is 1. The summed E-state index contributed by atoms with van der Waals surface area (Å²) >= 11 is 0. The lowest BCUT2D eigenvalue weighted by Crippen LogP contribution is -2.34. The van der Waals surface area contributed by atoms with Gasteiger partial charge in [-0.15, -0.1) is 12.4 Å². The van der Waals surface area contributed by atoms with Crippen LogP contribution < -0.4 is 15.4 Å². The monoisotopic (exact) mass is 342 g/mol. The highest BCUT2D eigenvalue weighted by Gasteiger charge is 2.17. The van der Waals surface area contributed by atoms with Crippen molar-refractivity contribution in [3.05, 3.63) is 29.8 Å². The average molecular weight is 343 g/mol. The van der Waals surface area contributed by atoms with Gasteiger partial charge in [-0.25, -0.2) is 0 Å². The molecule has 0 atom stereocenters. The Morgan fingerprint density at radius 3 is 2.74 bits per heavy atom. The molecule has 1 aliphatic rings. The van der Waals surface area contributed by atoms with Crippen molar-refractivity contribution < 1.29 is 14.3 Å². The molecule has 0 aromatic heterocycles. The molecule has 130 valence electrons. The molecule has 1 amide bonds. The maximum absolute atomic E-state index is 11.8. The maximum Gasteiger partial charge on any atom is 0.234 e. The lowest BCUT2D eigenvalue weighted by Gasteiger charge is -2.16. The quantitative estimate of drug-likeness (QED) is 0.676. The third kappa shape index (κ3) is 7.20. The molecule has 2 rings (SSSR count). The van der Waals surface area contributed by atoms with Crippen LogP contribution in [0.2, 0.25) is 0 Å². The Morgan fingerprint density at radius 2 is 2.00 bits per heavy atom. The standard InChI is InChI=1S/C17H26N2O3.ClH/c1-21-11-10-18-13-17(20)19-12-14-6-2-5-9-16(14)22-15-7-3-4-8-15;/h2,5-6,9,15,18H,3-4,7-8,10-13H2,1H3,(H,19,20);1H. The second kappa shape index (κ2) is 11.3. The molecule has 1 aromatic carbocycles. The zero-order chi connectivity index (χ0) is 15.6. The zero-order valence-corrected chi connectivity index (χ0v) is 14.5. The van der Waals surface area contributed by atoms with E-state index >= 15 is 0 Å². The van der Waals surface area contributed by atoms with Crippen LogP contribution in [0.3, 0.4) is 0 Å². The lowest BCUT2D eigenvalue weighted by atomic mass is 10.2. The van der Waals surface area contributed by atoms with Crippen molar-refractivity contribution in [2.75, 3.05) is 26.8 Å². The van der Waals surface area contributed by atoms with Crippen LogP contribution in [0.1, 0.15) is 31.2 Å². The van der Waals surface area contributed by atoms with Crippen LogP contribution in [0, 0.1) is 0 Å². The molecule has 0 bridgehead atoms. The van der Waals surface area contributed by atoms with Gasteiger partial charge < -0.3 is 20.1 Å². The molecule has 0 radical (unpaired) electrons. The molecule has 1 aromatic rings. The van der Waals surface area contributed by atoms with E-state index in [9.17, 15) is 4.79 Å². The van der Waals surface area contributed by atoms with Crippen molar-refractivity contribution in [3.8, 4) is 5.75 Å². The van der Waals surface area contributed by atoms with E-state index in [4.69, 9.17) is 9.47 Å². The third-order valence-corrected chi connectivity index (χ3v) is 3.81. The van der Waals surface area contributed by atoms with Gasteiger partial charge in [-0.3, -0.25) is 4.79 Å². The predicted molar refractivity (Wildman–Crippen MR) is 93.2 cm³/mol. The Hall–Kier alpha value is -1.30. The van der Waals surface area contributed by atoms with Gasteiger partial charge in [0.1, 0.15) is 5.75 Å². The van der Waals surface area contributed by atoms with Gasteiger partial charge in [0.15, 0.2) is 0 Å². The maximum atomic E-state index is 11.8. The van der Waals surface area contributed by atoms with E-state index in [1.807, 2.05) is 24.3 Å². The molecule has 6 heteroatoms. The minimum Gasteiger partial charge on any atom is -0.490 e. The van der Waals surface area contributed by atoms with E-state index in [1.165, 1.54) is 12.8 Å². The summed E-state index contributed by atoms with van der Waals surface area (Å²) in [5.41, 5.74) is 1.03.